The van der Waals surface area contributed by atoms with E-state index < -0.39 is 5.97 Å². The molecule has 12 heavy (non-hydrogen) atoms. The molecule has 0 radical (unpaired) electrons. The van der Waals surface area contributed by atoms with Gasteiger partial charge in [-0.05, 0) is 18.6 Å². The fourth-order valence-electron chi connectivity index (χ4n) is 1.04. The topological polar surface area (TPSA) is 37.3 Å². The van der Waals surface area contributed by atoms with Gasteiger partial charge in [-0.2, -0.15) is 0 Å². The Hall–Kier alpha value is -1.02. The zero-order valence-corrected chi connectivity index (χ0v) is 7.43. The Labute approximate surface area is 75.8 Å². The molecule has 0 unspecified atom stereocenters. The lowest BCUT2D eigenvalue weighted by Crippen LogP contribution is -2.00. The Bertz CT molecular complexity index is 307. The average molecular weight is 185 g/mol. The fourth-order valence-corrected chi connectivity index (χ4v) is 1.26. The summed E-state index contributed by atoms with van der Waals surface area (Å²) in [4.78, 5) is 10.6. The highest BCUT2D eigenvalue weighted by Gasteiger charge is 2.07. The lowest BCUT2D eigenvalue weighted by molar-refractivity contribution is 0.0696. The maximum Gasteiger partial charge on any atom is 0.336 e. The van der Waals surface area contributed by atoms with Crippen molar-refractivity contribution in [1.82, 2.24) is 0 Å². The van der Waals surface area contributed by atoms with Gasteiger partial charge in [0.15, 0.2) is 0 Å². The van der Waals surface area contributed by atoms with Gasteiger partial charge in [-0.3, -0.25) is 0 Å². The summed E-state index contributed by atoms with van der Waals surface area (Å²) in [6, 6.07) is 5.13. The summed E-state index contributed by atoms with van der Waals surface area (Å²) >= 11 is 5.58. The van der Waals surface area contributed by atoms with Gasteiger partial charge < -0.3 is 5.11 Å². The molecule has 0 aliphatic carbocycles. The molecule has 1 rings (SSSR count). The van der Waals surface area contributed by atoms with E-state index in [-0.39, 0.29) is 11.4 Å². The van der Waals surface area contributed by atoms with Crippen molar-refractivity contribution in [2.75, 3.05) is 0 Å². The predicted octanol–water partition coefficient (Wildman–Crippen LogP) is 2.43. The number of carboxylic acids is 1. The minimum absolute atomic E-state index is 0.239. The molecule has 64 valence electrons. The van der Waals surface area contributed by atoms with E-state index in [1.807, 2.05) is 6.92 Å². The molecule has 0 bridgehead atoms. The monoisotopic (exact) mass is 184 g/mol. The molecule has 1 N–H and O–H groups in total. The van der Waals surface area contributed by atoms with Gasteiger partial charge >= 0.3 is 5.97 Å². The van der Waals surface area contributed by atoms with Crippen molar-refractivity contribution in [1.29, 1.82) is 0 Å². The molecule has 0 spiro atoms. The number of carbonyl (C=O) groups is 1. The molecular weight excluding hydrogens is 176 g/mol. The number of rotatable bonds is 2. The minimum atomic E-state index is -0.925. The molecule has 0 fully saturated rings. The quantitative estimate of drug-likeness (QED) is 0.717. The van der Waals surface area contributed by atoms with Gasteiger partial charge in [0.1, 0.15) is 0 Å². The molecule has 3 heteroatoms. The Morgan fingerprint density at radius 2 is 2.25 bits per heavy atom. The predicted molar refractivity (Wildman–Crippen MR) is 47.7 cm³/mol. The largest absolute Gasteiger partial charge is 0.478 e. The number of aryl methyl sites for hydroxylation is 1. The minimum Gasteiger partial charge on any atom is -0.478 e. The molecule has 0 heterocycles. The smallest absolute Gasteiger partial charge is 0.336 e. The van der Waals surface area contributed by atoms with Crippen LogP contribution in [-0.4, -0.2) is 11.1 Å². The molecular formula is C9H9ClO2. The number of hydrogen-bond donors (Lipinski definition) is 1. The zero-order chi connectivity index (χ0) is 9.14. The normalized spacial score (nSPS) is 9.83. The first-order valence-electron chi connectivity index (χ1n) is 3.54. The van der Waals surface area contributed by atoms with E-state index in [1.165, 1.54) is 0 Å². The van der Waals surface area contributed by atoms with E-state index in [9.17, 15) is 4.79 Å². The molecule has 1 aromatic rings. The van der Waals surface area contributed by atoms with E-state index >= 15 is 0 Å². The Morgan fingerprint density at radius 1 is 1.58 bits per heavy atom. The first kappa shape index (κ1) is 9.07. The molecule has 0 aromatic heterocycles. The highest BCUT2D eigenvalue weighted by molar-refractivity contribution is 6.17. The van der Waals surface area contributed by atoms with Gasteiger partial charge in [-0.25, -0.2) is 4.79 Å². The van der Waals surface area contributed by atoms with Crippen molar-refractivity contribution in [3.05, 3.63) is 34.9 Å². The number of benzene rings is 1. The average Bonchev–Trinajstić information content (AvgIpc) is 2.03. The van der Waals surface area contributed by atoms with E-state index in [2.05, 4.69) is 0 Å². The van der Waals surface area contributed by atoms with Crippen LogP contribution in [0.1, 0.15) is 21.5 Å². The van der Waals surface area contributed by atoms with Gasteiger partial charge in [0.05, 0.1) is 5.56 Å². The molecule has 0 saturated heterocycles. The third-order valence-corrected chi connectivity index (χ3v) is 1.92. The third-order valence-electron chi connectivity index (χ3n) is 1.64. The first-order valence-corrected chi connectivity index (χ1v) is 4.07. The van der Waals surface area contributed by atoms with E-state index in [4.69, 9.17) is 16.7 Å². The highest BCUT2D eigenvalue weighted by atomic mass is 35.5. The number of hydrogen-bond acceptors (Lipinski definition) is 1. The summed E-state index contributed by atoms with van der Waals surface area (Å²) in [6.45, 7) is 1.90. The Kier molecular flexibility index (Phi) is 2.71. The number of aromatic carboxylic acids is 1. The van der Waals surface area contributed by atoms with Crippen LogP contribution in [0.5, 0.6) is 0 Å². The van der Waals surface area contributed by atoms with E-state index in [0.717, 1.165) is 5.56 Å². The number of halogens is 1. The van der Waals surface area contributed by atoms with E-state index in [0.29, 0.717) is 5.56 Å². The molecule has 0 amide bonds. The summed E-state index contributed by atoms with van der Waals surface area (Å²) in [5, 5.41) is 8.73. The standard InChI is InChI=1S/C9H9ClO2/c1-6-2-3-8(9(11)12)7(4-6)5-10/h2-4H,5H2,1H3,(H,11,12). The second-order valence-electron chi connectivity index (χ2n) is 2.60. The summed E-state index contributed by atoms with van der Waals surface area (Å²) < 4.78 is 0. The Morgan fingerprint density at radius 3 is 2.75 bits per heavy atom. The summed E-state index contributed by atoms with van der Waals surface area (Å²) in [7, 11) is 0. The van der Waals surface area contributed by atoms with Crippen LogP contribution in [0, 0.1) is 6.92 Å². The lowest BCUT2D eigenvalue weighted by Gasteiger charge is -2.02. The van der Waals surface area contributed by atoms with Gasteiger partial charge in [0, 0.05) is 5.88 Å². The number of alkyl halides is 1. The van der Waals surface area contributed by atoms with Crippen LogP contribution in [0.15, 0.2) is 18.2 Å². The summed E-state index contributed by atoms with van der Waals surface area (Å²) in [6.07, 6.45) is 0. The maximum atomic E-state index is 10.6. The van der Waals surface area contributed by atoms with Crippen molar-refractivity contribution >= 4 is 17.6 Å². The Balaban J connectivity index is 3.20. The molecule has 2 nitrogen and oxygen atoms in total. The van der Waals surface area contributed by atoms with E-state index in [1.54, 1.807) is 18.2 Å². The molecule has 0 atom stereocenters. The second-order valence-corrected chi connectivity index (χ2v) is 2.87. The second kappa shape index (κ2) is 3.59. The lowest BCUT2D eigenvalue weighted by atomic mass is 10.1. The molecule has 0 aliphatic heterocycles. The summed E-state index contributed by atoms with van der Waals surface area (Å²) in [5.41, 5.74) is 1.98. The molecule has 0 aliphatic rings. The zero-order valence-electron chi connectivity index (χ0n) is 6.67. The van der Waals surface area contributed by atoms with Gasteiger partial charge in [0.25, 0.3) is 0 Å². The van der Waals surface area contributed by atoms with Crippen molar-refractivity contribution in [3.8, 4) is 0 Å². The van der Waals surface area contributed by atoms with Crippen LogP contribution in [0.3, 0.4) is 0 Å². The van der Waals surface area contributed by atoms with Gasteiger partial charge in [-0.1, -0.05) is 17.7 Å². The van der Waals surface area contributed by atoms with Crippen LogP contribution >= 0.6 is 11.6 Å². The SMILES string of the molecule is Cc1ccc(C(=O)O)c(CCl)c1. The van der Waals surface area contributed by atoms with Crippen LogP contribution in [0.4, 0.5) is 0 Å². The van der Waals surface area contributed by atoms with Crippen LogP contribution in [-0.2, 0) is 5.88 Å². The fraction of sp³-hybridized carbons (Fsp3) is 0.222. The van der Waals surface area contributed by atoms with Crippen molar-refractivity contribution in [2.24, 2.45) is 0 Å². The molecule has 0 saturated carbocycles. The van der Waals surface area contributed by atoms with Crippen LogP contribution in [0.25, 0.3) is 0 Å². The maximum absolute atomic E-state index is 10.6. The van der Waals surface area contributed by atoms with Crippen molar-refractivity contribution < 1.29 is 9.90 Å². The van der Waals surface area contributed by atoms with Gasteiger partial charge in [0.2, 0.25) is 0 Å². The van der Waals surface area contributed by atoms with Gasteiger partial charge in [-0.15, -0.1) is 11.6 Å². The first-order chi connectivity index (χ1) is 5.65. The van der Waals surface area contributed by atoms with Crippen LogP contribution in [0.2, 0.25) is 0 Å². The van der Waals surface area contributed by atoms with Crippen molar-refractivity contribution in [2.45, 2.75) is 12.8 Å². The third kappa shape index (κ3) is 1.77. The molecule has 1 aromatic carbocycles. The van der Waals surface area contributed by atoms with Crippen LogP contribution < -0.4 is 0 Å². The summed E-state index contributed by atoms with van der Waals surface area (Å²) in [5.74, 6) is -0.686. The highest BCUT2D eigenvalue weighted by Crippen LogP contribution is 2.13. The van der Waals surface area contributed by atoms with Crippen molar-refractivity contribution in [3.63, 3.8) is 0 Å². The number of carboxylic acid groups (broad SMARTS) is 1.